The highest BCUT2D eigenvalue weighted by Gasteiger charge is 2.31. The summed E-state index contributed by atoms with van der Waals surface area (Å²) >= 11 is 6.14. The van der Waals surface area contributed by atoms with Gasteiger partial charge in [-0.1, -0.05) is 11.6 Å². The topological polar surface area (TPSA) is 38.0 Å². The Hall–Kier alpha value is -0.540. The average molecular weight is 215 g/mol. The van der Waals surface area contributed by atoms with Crippen LogP contribution in [-0.4, -0.2) is 14.9 Å². The zero-order chi connectivity index (χ0) is 10.3. The Labute approximate surface area is 88.7 Å². The van der Waals surface area contributed by atoms with Gasteiger partial charge in [-0.15, -0.1) is 0 Å². The molecule has 2 rings (SSSR count). The van der Waals surface area contributed by atoms with E-state index in [2.05, 4.69) is 5.10 Å². The van der Waals surface area contributed by atoms with E-state index < -0.39 is 0 Å². The monoisotopic (exact) mass is 214 g/mol. The number of aliphatic hydroxyl groups is 1. The normalized spacial score (nSPS) is 16.6. The van der Waals surface area contributed by atoms with Crippen LogP contribution >= 0.6 is 11.6 Å². The fourth-order valence-corrected chi connectivity index (χ4v) is 2.03. The van der Waals surface area contributed by atoms with Gasteiger partial charge in [-0.05, 0) is 26.7 Å². The van der Waals surface area contributed by atoms with Gasteiger partial charge in [0, 0.05) is 17.5 Å². The van der Waals surface area contributed by atoms with E-state index in [1.165, 1.54) is 12.8 Å². The lowest BCUT2D eigenvalue weighted by molar-refractivity contribution is 0.280. The average Bonchev–Trinajstić information content (AvgIpc) is 2.90. The van der Waals surface area contributed by atoms with Crippen LogP contribution in [0.1, 0.15) is 49.9 Å². The summed E-state index contributed by atoms with van der Waals surface area (Å²) in [6.45, 7) is 4.07. The van der Waals surface area contributed by atoms with Gasteiger partial charge in [0.2, 0.25) is 0 Å². The van der Waals surface area contributed by atoms with Crippen molar-refractivity contribution in [3.63, 3.8) is 0 Å². The van der Waals surface area contributed by atoms with Crippen molar-refractivity contribution in [3.05, 3.63) is 16.4 Å². The third kappa shape index (κ3) is 1.55. The lowest BCUT2D eigenvalue weighted by Gasteiger charge is -2.05. The minimum Gasteiger partial charge on any atom is -0.391 e. The molecule has 0 aliphatic heterocycles. The number of hydrogen-bond acceptors (Lipinski definition) is 2. The van der Waals surface area contributed by atoms with Crippen molar-refractivity contribution in [1.29, 1.82) is 0 Å². The highest BCUT2D eigenvalue weighted by atomic mass is 35.5. The van der Waals surface area contributed by atoms with Gasteiger partial charge in [0.15, 0.2) is 0 Å². The molecule has 78 valence electrons. The van der Waals surface area contributed by atoms with Gasteiger partial charge in [-0.3, -0.25) is 4.68 Å². The third-order valence-corrected chi connectivity index (χ3v) is 2.99. The smallest absolute Gasteiger partial charge is 0.133 e. The summed E-state index contributed by atoms with van der Waals surface area (Å²) in [6.07, 6.45) is 2.36. The van der Waals surface area contributed by atoms with Crippen molar-refractivity contribution >= 4 is 11.6 Å². The summed E-state index contributed by atoms with van der Waals surface area (Å²) in [6, 6.07) is 0.250. The van der Waals surface area contributed by atoms with Crippen LogP contribution in [0.3, 0.4) is 0 Å². The lowest BCUT2D eigenvalue weighted by atomic mass is 10.2. The van der Waals surface area contributed by atoms with Crippen molar-refractivity contribution in [2.75, 3.05) is 0 Å². The molecule has 0 radical (unpaired) electrons. The molecule has 0 atom stereocenters. The third-order valence-electron chi connectivity index (χ3n) is 2.59. The van der Waals surface area contributed by atoms with E-state index in [-0.39, 0.29) is 12.6 Å². The van der Waals surface area contributed by atoms with Crippen molar-refractivity contribution in [2.24, 2.45) is 0 Å². The molecular weight excluding hydrogens is 200 g/mol. The van der Waals surface area contributed by atoms with Gasteiger partial charge < -0.3 is 5.11 Å². The van der Waals surface area contributed by atoms with E-state index in [0.717, 1.165) is 11.3 Å². The Kier molecular flexibility index (Phi) is 2.54. The maximum Gasteiger partial charge on any atom is 0.133 e. The van der Waals surface area contributed by atoms with E-state index in [1.54, 1.807) is 4.68 Å². The molecule has 3 nitrogen and oxygen atoms in total. The molecule has 0 amide bonds. The first-order valence-electron chi connectivity index (χ1n) is 5.02. The standard InChI is InChI=1S/C10H15ClN2O/c1-6(2)13-10(11)8(5-14)9(12-13)7-3-4-7/h6-7,14H,3-5H2,1-2H3. The Balaban J connectivity index is 2.43. The molecule has 14 heavy (non-hydrogen) atoms. The van der Waals surface area contributed by atoms with Crippen molar-refractivity contribution in [1.82, 2.24) is 9.78 Å². The lowest BCUT2D eigenvalue weighted by Crippen LogP contribution is -2.03. The first kappa shape index (κ1) is 9.99. The van der Waals surface area contributed by atoms with E-state index in [9.17, 15) is 5.11 Å². The van der Waals surface area contributed by atoms with Crippen LogP contribution < -0.4 is 0 Å². The molecule has 1 aliphatic rings. The van der Waals surface area contributed by atoms with E-state index in [0.29, 0.717) is 11.1 Å². The highest BCUT2D eigenvalue weighted by molar-refractivity contribution is 6.30. The van der Waals surface area contributed by atoms with Crippen LogP contribution in [0.4, 0.5) is 0 Å². The van der Waals surface area contributed by atoms with E-state index >= 15 is 0 Å². The molecule has 0 aromatic carbocycles. The number of hydrogen-bond donors (Lipinski definition) is 1. The van der Waals surface area contributed by atoms with Crippen LogP contribution in [0.2, 0.25) is 5.15 Å². The fourth-order valence-electron chi connectivity index (χ4n) is 1.64. The summed E-state index contributed by atoms with van der Waals surface area (Å²) in [5, 5.41) is 14.3. The molecule has 0 bridgehead atoms. The van der Waals surface area contributed by atoms with Crippen LogP contribution in [-0.2, 0) is 6.61 Å². The predicted octanol–water partition coefficient (Wildman–Crippen LogP) is 2.49. The van der Waals surface area contributed by atoms with Crippen molar-refractivity contribution in [3.8, 4) is 0 Å². The Morgan fingerprint density at radius 1 is 1.57 bits per heavy atom. The molecule has 4 heteroatoms. The molecule has 0 unspecified atom stereocenters. The predicted molar refractivity (Wildman–Crippen MR) is 55.5 cm³/mol. The molecule has 0 spiro atoms. The maximum atomic E-state index is 9.23. The molecule has 1 heterocycles. The Morgan fingerprint density at radius 2 is 2.21 bits per heavy atom. The molecule has 0 saturated heterocycles. The van der Waals surface area contributed by atoms with Gasteiger partial charge in [-0.25, -0.2) is 0 Å². The molecule has 1 aliphatic carbocycles. The number of nitrogens with zero attached hydrogens (tertiary/aromatic N) is 2. The zero-order valence-corrected chi connectivity index (χ0v) is 9.25. The van der Waals surface area contributed by atoms with E-state index in [4.69, 9.17) is 11.6 Å². The summed E-state index contributed by atoms with van der Waals surface area (Å²) in [4.78, 5) is 0. The first-order chi connectivity index (χ1) is 6.65. The van der Waals surface area contributed by atoms with Crippen molar-refractivity contribution in [2.45, 2.75) is 45.3 Å². The highest BCUT2D eigenvalue weighted by Crippen LogP contribution is 2.42. The Morgan fingerprint density at radius 3 is 2.64 bits per heavy atom. The molecule has 1 fully saturated rings. The summed E-state index contributed by atoms with van der Waals surface area (Å²) in [5.74, 6) is 0.537. The number of halogens is 1. The molecule has 1 aromatic heterocycles. The first-order valence-corrected chi connectivity index (χ1v) is 5.40. The van der Waals surface area contributed by atoms with Gasteiger partial charge in [0.25, 0.3) is 0 Å². The largest absolute Gasteiger partial charge is 0.391 e. The molecule has 1 saturated carbocycles. The quantitative estimate of drug-likeness (QED) is 0.840. The summed E-state index contributed by atoms with van der Waals surface area (Å²) < 4.78 is 1.79. The molecule has 1 N–H and O–H groups in total. The zero-order valence-electron chi connectivity index (χ0n) is 8.50. The summed E-state index contributed by atoms with van der Waals surface area (Å²) in [5.41, 5.74) is 1.83. The van der Waals surface area contributed by atoms with Crippen LogP contribution in [0.25, 0.3) is 0 Å². The molecule has 1 aromatic rings. The van der Waals surface area contributed by atoms with Gasteiger partial charge >= 0.3 is 0 Å². The minimum atomic E-state index is -0.00259. The fraction of sp³-hybridized carbons (Fsp3) is 0.700. The number of aliphatic hydroxyl groups excluding tert-OH is 1. The molecular formula is C10H15ClN2O. The number of aromatic nitrogens is 2. The minimum absolute atomic E-state index is 0.00259. The maximum absolute atomic E-state index is 9.23. The van der Waals surface area contributed by atoms with Crippen LogP contribution in [0.15, 0.2) is 0 Å². The van der Waals surface area contributed by atoms with Crippen LogP contribution in [0.5, 0.6) is 0 Å². The number of rotatable bonds is 3. The summed E-state index contributed by atoms with van der Waals surface area (Å²) in [7, 11) is 0. The second kappa shape index (κ2) is 3.55. The van der Waals surface area contributed by atoms with Gasteiger partial charge in [0.05, 0.1) is 12.3 Å². The van der Waals surface area contributed by atoms with Crippen molar-refractivity contribution < 1.29 is 5.11 Å². The second-order valence-electron chi connectivity index (χ2n) is 4.13. The van der Waals surface area contributed by atoms with Gasteiger partial charge in [-0.2, -0.15) is 5.10 Å². The Bertz CT molecular complexity index is 342. The van der Waals surface area contributed by atoms with Crippen LogP contribution in [0, 0.1) is 0 Å². The SMILES string of the molecule is CC(C)n1nc(C2CC2)c(CO)c1Cl. The van der Waals surface area contributed by atoms with E-state index in [1.807, 2.05) is 13.8 Å². The second-order valence-corrected chi connectivity index (χ2v) is 4.48. The van der Waals surface area contributed by atoms with Gasteiger partial charge in [0.1, 0.15) is 5.15 Å².